The largest absolute Gasteiger partial charge is 0.487 e. The third-order valence-electron chi connectivity index (χ3n) is 4.68. The smallest absolute Gasteiger partial charge is 0.262 e. The molecule has 29 heavy (non-hydrogen) atoms. The van der Waals surface area contributed by atoms with E-state index in [0.29, 0.717) is 11.6 Å². The van der Waals surface area contributed by atoms with Crippen LogP contribution in [-0.2, 0) is 11.4 Å². The number of rotatable bonds is 6. The van der Waals surface area contributed by atoms with E-state index in [0.717, 1.165) is 49.7 Å². The highest BCUT2D eigenvalue weighted by Crippen LogP contribution is 2.30. The van der Waals surface area contributed by atoms with Crippen LogP contribution in [0, 0.1) is 18.5 Å². The molecule has 0 aromatic heterocycles. The molecule has 3 rings (SSSR count). The summed E-state index contributed by atoms with van der Waals surface area (Å²) in [6.07, 6.45) is 5.87. The zero-order valence-electron chi connectivity index (χ0n) is 15.6. The second kappa shape index (κ2) is 10.6. The second-order valence-corrected chi connectivity index (χ2v) is 9.61. The van der Waals surface area contributed by atoms with Crippen LogP contribution < -0.4 is 10.1 Å². The number of hydrogen-bond donors (Lipinski definition) is 1. The Hall–Kier alpha value is -1.31. The molecule has 1 aliphatic carbocycles. The van der Waals surface area contributed by atoms with Crippen molar-refractivity contribution in [1.29, 1.82) is 5.26 Å². The van der Waals surface area contributed by atoms with Gasteiger partial charge < -0.3 is 10.1 Å². The first-order valence-corrected chi connectivity index (χ1v) is 11.8. The molecule has 0 spiro atoms. The SMILES string of the molecule is N#C/C(=C/c1cc(I)c(OCc2ccc(Cl)cc2)c(I)c1)C(=O)NC1CCCC1. The number of hydrogen-bond acceptors (Lipinski definition) is 3. The van der Waals surface area contributed by atoms with E-state index < -0.39 is 0 Å². The van der Waals surface area contributed by atoms with E-state index >= 15 is 0 Å². The van der Waals surface area contributed by atoms with Crippen LogP contribution in [0.2, 0.25) is 5.02 Å². The highest BCUT2D eigenvalue weighted by atomic mass is 127. The highest BCUT2D eigenvalue weighted by Gasteiger charge is 2.19. The molecule has 1 fully saturated rings. The minimum Gasteiger partial charge on any atom is -0.487 e. The first kappa shape index (κ1) is 22.4. The summed E-state index contributed by atoms with van der Waals surface area (Å²) in [4.78, 5) is 12.4. The second-order valence-electron chi connectivity index (χ2n) is 6.85. The fraction of sp³-hybridized carbons (Fsp3) is 0.273. The molecule has 2 aromatic rings. The topological polar surface area (TPSA) is 62.1 Å². The van der Waals surface area contributed by atoms with Crippen LogP contribution in [0.15, 0.2) is 42.0 Å². The summed E-state index contributed by atoms with van der Waals surface area (Å²) in [5.41, 5.74) is 1.95. The van der Waals surface area contributed by atoms with Crippen LogP contribution in [0.1, 0.15) is 36.8 Å². The van der Waals surface area contributed by atoms with Gasteiger partial charge in [0.25, 0.3) is 5.91 Å². The van der Waals surface area contributed by atoms with Gasteiger partial charge in [-0.25, -0.2) is 0 Å². The Morgan fingerprint density at radius 3 is 2.41 bits per heavy atom. The van der Waals surface area contributed by atoms with Gasteiger partial charge in [-0.1, -0.05) is 36.6 Å². The summed E-state index contributed by atoms with van der Waals surface area (Å²) < 4.78 is 7.83. The lowest BCUT2D eigenvalue weighted by Gasteiger charge is -2.13. The van der Waals surface area contributed by atoms with E-state index in [1.165, 1.54) is 0 Å². The zero-order chi connectivity index (χ0) is 20.8. The lowest BCUT2D eigenvalue weighted by molar-refractivity contribution is -0.117. The van der Waals surface area contributed by atoms with Crippen LogP contribution in [0.5, 0.6) is 5.75 Å². The molecule has 0 unspecified atom stereocenters. The van der Waals surface area contributed by atoms with Gasteiger partial charge >= 0.3 is 0 Å². The number of halogens is 3. The van der Waals surface area contributed by atoms with E-state index in [4.69, 9.17) is 16.3 Å². The van der Waals surface area contributed by atoms with Crippen molar-refractivity contribution in [2.24, 2.45) is 0 Å². The predicted molar refractivity (Wildman–Crippen MR) is 132 cm³/mol. The fourth-order valence-corrected chi connectivity index (χ4v) is 5.44. The van der Waals surface area contributed by atoms with E-state index in [1.54, 1.807) is 6.08 Å². The van der Waals surface area contributed by atoms with Gasteiger partial charge in [0.15, 0.2) is 0 Å². The molecule has 1 saturated carbocycles. The molecule has 0 radical (unpaired) electrons. The van der Waals surface area contributed by atoms with Crippen molar-refractivity contribution in [1.82, 2.24) is 5.32 Å². The third kappa shape index (κ3) is 6.33. The molecule has 150 valence electrons. The molecule has 4 nitrogen and oxygen atoms in total. The van der Waals surface area contributed by atoms with Crippen molar-refractivity contribution >= 4 is 68.8 Å². The minimum absolute atomic E-state index is 0.123. The van der Waals surface area contributed by atoms with Crippen molar-refractivity contribution < 1.29 is 9.53 Å². The average Bonchev–Trinajstić information content (AvgIpc) is 3.19. The van der Waals surface area contributed by atoms with Gasteiger partial charge in [0.2, 0.25) is 0 Å². The molecule has 1 amide bonds. The van der Waals surface area contributed by atoms with Gasteiger partial charge in [0.1, 0.15) is 24.0 Å². The van der Waals surface area contributed by atoms with Crippen LogP contribution in [-0.4, -0.2) is 11.9 Å². The van der Waals surface area contributed by atoms with Crippen molar-refractivity contribution in [2.75, 3.05) is 0 Å². The Labute approximate surface area is 202 Å². The molecule has 0 saturated heterocycles. The van der Waals surface area contributed by atoms with Crippen molar-refractivity contribution in [3.63, 3.8) is 0 Å². The van der Waals surface area contributed by atoms with Crippen LogP contribution in [0.3, 0.4) is 0 Å². The van der Waals surface area contributed by atoms with Gasteiger partial charge in [0.05, 0.1) is 7.14 Å². The number of nitrogens with one attached hydrogen (secondary N) is 1. The third-order valence-corrected chi connectivity index (χ3v) is 6.54. The van der Waals surface area contributed by atoms with Crippen molar-refractivity contribution in [3.05, 3.63) is 65.3 Å². The van der Waals surface area contributed by atoms with E-state index in [9.17, 15) is 10.1 Å². The molecule has 2 aromatic carbocycles. The van der Waals surface area contributed by atoms with Gasteiger partial charge in [0, 0.05) is 11.1 Å². The Balaban J connectivity index is 1.73. The maximum atomic E-state index is 12.4. The number of ether oxygens (including phenoxy) is 1. The number of amides is 1. The average molecular weight is 633 g/mol. The van der Waals surface area contributed by atoms with Crippen LogP contribution in [0.25, 0.3) is 6.08 Å². The molecule has 0 aliphatic heterocycles. The number of benzene rings is 2. The van der Waals surface area contributed by atoms with E-state index in [2.05, 4.69) is 50.5 Å². The fourth-order valence-electron chi connectivity index (χ4n) is 3.19. The van der Waals surface area contributed by atoms with Crippen LogP contribution >= 0.6 is 56.8 Å². The minimum atomic E-state index is -0.299. The summed E-state index contributed by atoms with van der Waals surface area (Å²) in [7, 11) is 0. The number of carbonyl (C=O) groups excluding carboxylic acids is 1. The molecular formula is C22H19ClI2N2O2. The number of carbonyl (C=O) groups is 1. The Morgan fingerprint density at radius 2 is 1.83 bits per heavy atom. The van der Waals surface area contributed by atoms with Crippen molar-refractivity contribution in [3.8, 4) is 11.8 Å². The molecule has 1 aliphatic rings. The van der Waals surface area contributed by atoms with Gasteiger partial charge in [-0.15, -0.1) is 0 Å². The summed E-state index contributed by atoms with van der Waals surface area (Å²) in [6, 6.07) is 13.6. The summed E-state index contributed by atoms with van der Waals surface area (Å²) in [5.74, 6) is 0.486. The molecule has 7 heteroatoms. The summed E-state index contributed by atoms with van der Waals surface area (Å²) in [6.45, 7) is 0.436. The molecule has 0 atom stereocenters. The Morgan fingerprint density at radius 1 is 1.21 bits per heavy atom. The van der Waals surface area contributed by atoms with Crippen LogP contribution in [0.4, 0.5) is 0 Å². The normalized spacial score (nSPS) is 14.5. The molecule has 0 bridgehead atoms. The van der Waals surface area contributed by atoms with Crippen molar-refractivity contribution in [2.45, 2.75) is 38.3 Å². The predicted octanol–water partition coefficient (Wildman–Crippen LogP) is 6.09. The Bertz CT molecular complexity index is 939. The number of nitriles is 1. The molecule has 0 heterocycles. The van der Waals surface area contributed by atoms with E-state index in [-0.39, 0.29) is 17.5 Å². The monoisotopic (exact) mass is 632 g/mol. The van der Waals surface area contributed by atoms with Gasteiger partial charge in [-0.3, -0.25) is 4.79 Å². The standard InChI is InChI=1S/C22H19ClI2N2O2/c23-17-7-5-14(6-8-17)13-29-21-19(24)10-15(11-20(21)25)9-16(12-26)22(28)27-18-3-1-2-4-18/h5-11,18H,1-4,13H2,(H,27,28)/b16-9-. The summed E-state index contributed by atoms with van der Waals surface area (Å²) >= 11 is 10.3. The maximum absolute atomic E-state index is 12.4. The first-order chi connectivity index (χ1) is 14.0. The maximum Gasteiger partial charge on any atom is 0.262 e. The van der Waals surface area contributed by atoms with Gasteiger partial charge in [-0.2, -0.15) is 5.26 Å². The lowest BCUT2D eigenvalue weighted by Crippen LogP contribution is -2.33. The number of nitrogens with zero attached hydrogens (tertiary/aromatic N) is 1. The molecule has 1 N–H and O–H groups in total. The summed E-state index contributed by atoms with van der Waals surface area (Å²) in [5, 5.41) is 13.1. The van der Waals surface area contributed by atoms with E-state index in [1.807, 2.05) is 42.5 Å². The Kier molecular flexibility index (Phi) is 8.21. The highest BCUT2D eigenvalue weighted by molar-refractivity contribution is 14.1. The zero-order valence-corrected chi connectivity index (χ0v) is 20.6. The molecular weight excluding hydrogens is 614 g/mol. The lowest BCUT2D eigenvalue weighted by atomic mass is 10.1. The van der Waals surface area contributed by atoms with Gasteiger partial charge in [-0.05, 0) is 99.5 Å². The first-order valence-electron chi connectivity index (χ1n) is 9.25. The quantitative estimate of drug-likeness (QED) is 0.238.